The predicted octanol–water partition coefficient (Wildman–Crippen LogP) is 4.65. The van der Waals surface area contributed by atoms with Crippen LogP contribution in [0.25, 0.3) is 33.6 Å². The van der Waals surface area contributed by atoms with Crippen LogP contribution in [-0.2, 0) is 0 Å². The van der Waals surface area contributed by atoms with Crippen LogP contribution >= 0.6 is 0 Å². The van der Waals surface area contributed by atoms with Gasteiger partial charge in [-0.15, -0.1) is 0 Å². The quantitative estimate of drug-likeness (QED) is 0.420. The number of nitrogens with one attached hydrogen (secondary N) is 3. The molecule has 0 aliphatic carbocycles. The van der Waals surface area contributed by atoms with Crippen LogP contribution in [0, 0.1) is 6.92 Å². The van der Waals surface area contributed by atoms with E-state index in [2.05, 4.69) is 63.3 Å². The molecule has 0 fully saturated rings. The summed E-state index contributed by atoms with van der Waals surface area (Å²) in [6, 6.07) is 10.3. The zero-order valence-corrected chi connectivity index (χ0v) is 17.4. The van der Waals surface area contributed by atoms with Gasteiger partial charge in [-0.1, -0.05) is 24.8 Å². The maximum absolute atomic E-state index is 4.96. The van der Waals surface area contributed by atoms with E-state index in [0.717, 1.165) is 70.0 Å². The van der Waals surface area contributed by atoms with Crippen LogP contribution < -0.4 is 5.32 Å². The summed E-state index contributed by atoms with van der Waals surface area (Å²) in [6.07, 6.45) is 10.6. The molecule has 0 saturated carbocycles. The summed E-state index contributed by atoms with van der Waals surface area (Å²) in [7, 11) is 0. The molecule has 3 N–H and O–H groups in total. The van der Waals surface area contributed by atoms with E-state index in [9.17, 15) is 0 Å². The first-order chi connectivity index (χ1) is 15.2. The van der Waals surface area contributed by atoms with Crippen molar-refractivity contribution in [1.29, 1.82) is 0 Å². The first-order valence-electron chi connectivity index (χ1n) is 10.4. The number of aromatic nitrogens is 5. The number of nitrogens with zero attached hydrogens (tertiary/aromatic N) is 3. The summed E-state index contributed by atoms with van der Waals surface area (Å²) in [5.74, 6) is 0. The topological polar surface area (TPSA) is 82.3 Å². The standard InChI is InChI=1S/C25H24N6/c1-3-4-19(17-7-11-26-12-8-17)20-15-23(28-16(20)2)25-24-22(30-31-25)6-5-21(29-24)18-9-13-27-14-10-18/h3-9,11-12,15,27-28H,1,10,13-14H2,2H3,(H,30,31)/b19-4-. The zero-order chi connectivity index (χ0) is 21.2. The fourth-order valence-corrected chi connectivity index (χ4v) is 4.08. The van der Waals surface area contributed by atoms with Gasteiger partial charge in [-0.25, -0.2) is 4.98 Å². The highest BCUT2D eigenvalue weighted by Gasteiger charge is 2.17. The van der Waals surface area contributed by atoms with Gasteiger partial charge < -0.3 is 10.3 Å². The van der Waals surface area contributed by atoms with Crippen molar-refractivity contribution in [1.82, 2.24) is 30.5 Å². The summed E-state index contributed by atoms with van der Waals surface area (Å²) in [5.41, 5.74) is 10.2. The van der Waals surface area contributed by atoms with Gasteiger partial charge in [0.05, 0.1) is 16.9 Å². The molecule has 6 nitrogen and oxygen atoms in total. The second kappa shape index (κ2) is 8.16. The van der Waals surface area contributed by atoms with Crippen molar-refractivity contribution in [3.63, 3.8) is 0 Å². The first-order valence-corrected chi connectivity index (χ1v) is 10.4. The molecule has 0 spiro atoms. The molecule has 1 aliphatic rings. The fraction of sp³-hybridized carbons (Fsp3) is 0.160. The Balaban J connectivity index is 1.59. The molecule has 4 aromatic heterocycles. The van der Waals surface area contributed by atoms with Gasteiger partial charge in [0.15, 0.2) is 0 Å². The second-order valence-electron chi connectivity index (χ2n) is 7.62. The van der Waals surface area contributed by atoms with Gasteiger partial charge in [0.25, 0.3) is 0 Å². The number of aryl methyl sites for hydroxylation is 1. The normalized spacial score (nSPS) is 14.6. The lowest BCUT2D eigenvalue weighted by molar-refractivity contribution is 0.737. The molecule has 6 heteroatoms. The molecule has 31 heavy (non-hydrogen) atoms. The number of rotatable bonds is 5. The number of pyridine rings is 2. The Morgan fingerprint density at radius 3 is 2.81 bits per heavy atom. The molecule has 0 amide bonds. The van der Waals surface area contributed by atoms with Crippen molar-refractivity contribution in [2.24, 2.45) is 0 Å². The van der Waals surface area contributed by atoms with E-state index < -0.39 is 0 Å². The molecule has 5 rings (SSSR count). The second-order valence-corrected chi connectivity index (χ2v) is 7.62. The largest absolute Gasteiger partial charge is 0.357 e. The molecule has 0 radical (unpaired) electrons. The Labute approximate surface area is 180 Å². The van der Waals surface area contributed by atoms with Crippen LogP contribution in [0.1, 0.15) is 28.9 Å². The zero-order valence-electron chi connectivity index (χ0n) is 17.4. The monoisotopic (exact) mass is 408 g/mol. The van der Waals surface area contributed by atoms with Gasteiger partial charge in [-0.2, -0.15) is 5.10 Å². The van der Waals surface area contributed by atoms with Crippen molar-refractivity contribution in [2.75, 3.05) is 13.1 Å². The highest BCUT2D eigenvalue weighted by Crippen LogP contribution is 2.32. The average molecular weight is 409 g/mol. The van der Waals surface area contributed by atoms with Gasteiger partial charge in [0, 0.05) is 30.2 Å². The Bertz CT molecular complexity index is 1310. The van der Waals surface area contributed by atoms with E-state index in [0.29, 0.717) is 0 Å². The Kier molecular flexibility index (Phi) is 5.06. The van der Waals surface area contributed by atoms with Crippen LogP contribution in [-0.4, -0.2) is 38.2 Å². The van der Waals surface area contributed by atoms with Crippen molar-refractivity contribution in [3.05, 3.63) is 90.0 Å². The Morgan fingerprint density at radius 1 is 1.16 bits per heavy atom. The molecule has 5 heterocycles. The lowest BCUT2D eigenvalue weighted by atomic mass is 9.98. The van der Waals surface area contributed by atoms with E-state index in [-0.39, 0.29) is 0 Å². The van der Waals surface area contributed by atoms with E-state index in [1.54, 1.807) is 12.4 Å². The number of aromatic amines is 2. The highest BCUT2D eigenvalue weighted by molar-refractivity contribution is 5.92. The SMILES string of the molecule is C=C/C=C(/c1ccncc1)c1cc(-c2n[nH]c3ccc(C4=CCNCC4)nc23)[nH]c1C. The van der Waals surface area contributed by atoms with Crippen molar-refractivity contribution in [3.8, 4) is 11.4 Å². The third kappa shape index (κ3) is 3.62. The van der Waals surface area contributed by atoms with Gasteiger partial charge in [0.1, 0.15) is 11.2 Å². The molecule has 154 valence electrons. The molecule has 0 saturated heterocycles. The van der Waals surface area contributed by atoms with E-state index in [1.165, 1.54) is 5.57 Å². The Morgan fingerprint density at radius 2 is 2.03 bits per heavy atom. The van der Waals surface area contributed by atoms with Crippen LogP contribution in [0.5, 0.6) is 0 Å². The smallest absolute Gasteiger partial charge is 0.135 e. The van der Waals surface area contributed by atoms with Gasteiger partial charge in [0.2, 0.25) is 0 Å². The highest BCUT2D eigenvalue weighted by atomic mass is 15.1. The van der Waals surface area contributed by atoms with Crippen LogP contribution in [0.4, 0.5) is 0 Å². The van der Waals surface area contributed by atoms with Crippen molar-refractivity contribution < 1.29 is 0 Å². The molecular weight excluding hydrogens is 384 g/mol. The minimum absolute atomic E-state index is 0.827. The number of allylic oxidation sites excluding steroid dienone is 2. The molecule has 0 atom stereocenters. The van der Waals surface area contributed by atoms with Crippen molar-refractivity contribution in [2.45, 2.75) is 13.3 Å². The maximum atomic E-state index is 4.96. The lowest BCUT2D eigenvalue weighted by Crippen LogP contribution is -2.20. The fourth-order valence-electron chi connectivity index (χ4n) is 4.08. The summed E-state index contributed by atoms with van der Waals surface area (Å²) in [5, 5.41) is 11.1. The molecule has 0 aromatic carbocycles. The summed E-state index contributed by atoms with van der Waals surface area (Å²) < 4.78 is 0. The minimum atomic E-state index is 0.827. The lowest BCUT2D eigenvalue weighted by Gasteiger charge is -2.13. The molecule has 4 aromatic rings. The van der Waals surface area contributed by atoms with Crippen LogP contribution in [0.15, 0.2) is 67.5 Å². The van der Waals surface area contributed by atoms with Crippen molar-refractivity contribution >= 4 is 22.2 Å². The summed E-state index contributed by atoms with van der Waals surface area (Å²) in [6.45, 7) is 7.84. The Hall–Kier alpha value is -3.77. The number of fused-ring (bicyclic) bond motifs is 1. The van der Waals surface area contributed by atoms with Gasteiger partial charge in [-0.3, -0.25) is 10.1 Å². The predicted molar refractivity (Wildman–Crippen MR) is 125 cm³/mol. The average Bonchev–Trinajstić information content (AvgIpc) is 3.41. The minimum Gasteiger partial charge on any atom is -0.357 e. The van der Waals surface area contributed by atoms with E-state index >= 15 is 0 Å². The number of H-pyrrole nitrogens is 2. The molecule has 0 bridgehead atoms. The maximum Gasteiger partial charge on any atom is 0.135 e. The third-order valence-electron chi connectivity index (χ3n) is 5.64. The molecular formula is C25H24N6. The number of hydrogen-bond donors (Lipinski definition) is 3. The third-order valence-corrected chi connectivity index (χ3v) is 5.64. The van der Waals surface area contributed by atoms with Gasteiger partial charge >= 0.3 is 0 Å². The van der Waals surface area contributed by atoms with Gasteiger partial charge in [-0.05, 0) is 66.9 Å². The van der Waals surface area contributed by atoms with Crippen LogP contribution in [0.3, 0.4) is 0 Å². The van der Waals surface area contributed by atoms with Crippen LogP contribution in [0.2, 0.25) is 0 Å². The molecule has 1 aliphatic heterocycles. The molecule has 0 unspecified atom stereocenters. The van der Waals surface area contributed by atoms with E-state index in [1.807, 2.05) is 24.3 Å². The first kappa shape index (κ1) is 19.2. The summed E-state index contributed by atoms with van der Waals surface area (Å²) in [4.78, 5) is 12.6. The number of hydrogen-bond acceptors (Lipinski definition) is 4. The van der Waals surface area contributed by atoms with E-state index in [4.69, 9.17) is 4.98 Å². The summed E-state index contributed by atoms with van der Waals surface area (Å²) >= 11 is 0.